The summed E-state index contributed by atoms with van der Waals surface area (Å²) >= 11 is 0. The van der Waals surface area contributed by atoms with Gasteiger partial charge in [-0.05, 0) is 38.0 Å². The van der Waals surface area contributed by atoms with E-state index in [-0.39, 0.29) is 5.56 Å². The molecule has 0 atom stereocenters. The molecule has 0 aliphatic carbocycles. The Morgan fingerprint density at radius 3 is 2.25 bits per heavy atom. The monoisotopic (exact) mass is 227 g/mol. The minimum absolute atomic E-state index is 0.273. The van der Waals surface area contributed by atoms with E-state index in [4.69, 9.17) is 0 Å². The smallest absolute Gasteiger partial charge is 0.351 e. The lowest BCUT2D eigenvalue weighted by Gasteiger charge is -2.04. The van der Waals surface area contributed by atoms with Crippen molar-refractivity contribution in [2.45, 2.75) is 26.9 Å². The van der Waals surface area contributed by atoms with Crippen LogP contribution in [0.25, 0.3) is 10.9 Å². The summed E-state index contributed by atoms with van der Waals surface area (Å²) in [7, 11) is 0. The number of aromatic nitrogens is 1. The number of hydrogen-bond acceptors (Lipinski definition) is 0. The minimum atomic E-state index is -4.32. The fourth-order valence-electron chi connectivity index (χ4n) is 2.07. The van der Waals surface area contributed by atoms with Crippen LogP contribution >= 0.6 is 0 Å². The SMILES string of the molecule is Cc1cc(C)c2[nH]c(C(F)(F)F)c(C)c2c1. The molecule has 0 aliphatic rings. The summed E-state index contributed by atoms with van der Waals surface area (Å²) in [5, 5.41) is 0.657. The molecule has 0 saturated carbocycles. The van der Waals surface area contributed by atoms with Crippen LogP contribution in [-0.2, 0) is 6.18 Å². The maximum Gasteiger partial charge on any atom is 0.431 e. The zero-order valence-electron chi connectivity index (χ0n) is 9.29. The summed E-state index contributed by atoms with van der Waals surface area (Å²) in [5.41, 5.74) is 2.02. The molecule has 86 valence electrons. The third-order valence-electron chi connectivity index (χ3n) is 2.79. The summed E-state index contributed by atoms with van der Waals surface area (Å²) in [6.07, 6.45) is -4.32. The lowest BCUT2D eigenvalue weighted by atomic mass is 10.1. The van der Waals surface area contributed by atoms with E-state index in [1.165, 1.54) is 6.92 Å². The van der Waals surface area contributed by atoms with E-state index in [0.717, 1.165) is 11.1 Å². The molecule has 1 aromatic carbocycles. The molecule has 2 aromatic rings. The quantitative estimate of drug-likeness (QED) is 0.697. The van der Waals surface area contributed by atoms with Gasteiger partial charge in [-0.25, -0.2) is 0 Å². The maximum atomic E-state index is 12.7. The largest absolute Gasteiger partial charge is 0.431 e. The molecular weight excluding hydrogens is 215 g/mol. The Morgan fingerprint density at radius 1 is 1.06 bits per heavy atom. The van der Waals surface area contributed by atoms with E-state index in [1.807, 2.05) is 19.9 Å². The number of benzene rings is 1. The van der Waals surface area contributed by atoms with E-state index in [0.29, 0.717) is 10.9 Å². The number of halogens is 3. The van der Waals surface area contributed by atoms with Crippen molar-refractivity contribution in [2.75, 3.05) is 0 Å². The molecule has 0 aliphatic heterocycles. The number of fused-ring (bicyclic) bond motifs is 1. The Labute approximate surface area is 91.3 Å². The third-order valence-corrected chi connectivity index (χ3v) is 2.79. The predicted molar refractivity (Wildman–Crippen MR) is 57.5 cm³/mol. The van der Waals surface area contributed by atoms with Gasteiger partial charge < -0.3 is 4.98 Å². The first kappa shape index (κ1) is 11.0. The fraction of sp³-hybridized carbons (Fsp3) is 0.333. The molecule has 0 radical (unpaired) electrons. The van der Waals surface area contributed by atoms with Crippen LogP contribution in [-0.4, -0.2) is 4.98 Å². The second-order valence-corrected chi connectivity index (χ2v) is 4.13. The van der Waals surface area contributed by atoms with Crippen molar-refractivity contribution in [2.24, 2.45) is 0 Å². The van der Waals surface area contributed by atoms with Gasteiger partial charge in [0.05, 0.1) is 0 Å². The van der Waals surface area contributed by atoms with Crippen LogP contribution in [0.15, 0.2) is 12.1 Å². The number of aromatic amines is 1. The standard InChI is InChI=1S/C12H12F3N/c1-6-4-7(2)10-9(5-6)8(3)11(16-10)12(13,14)15/h4-5,16H,1-3H3. The number of rotatable bonds is 0. The van der Waals surface area contributed by atoms with Crippen LogP contribution in [0, 0.1) is 20.8 Å². The average Bonchev–Trinajstić information content (AvgIpc) is 2.43. The molecular formula is C12H12F3N. The summed E-state index contributed by atoms with van der Waals surface area (Å²) in [6, 6.07) is 3.65. The lowest BCUT2D eigenvalue weighted by Crippen LogP contribution is -2.06. The predicted octanol–water partition coefficient (Wildman–Crippen LogP) is 4.11. The molecule has 0 fully saturated rings. The normalized spacial score (nSPS) is 12.4. The number of alkyl halides is 3. The molecule has 1 aromatic heterocycles. The zero-order chi connectivity index (χ0) is 12.1. The highest BCUT2D eigenvalue weighted by Gasteiger charge is 2.35. The highest BCUT2D eigenvalue weighted by atomic mass is 19.4. The molecule has 0 saturated heterocycles. The minimum Gasteiger partial charge on any atom is -0.351 e. The highest BCUT2D eigenvalue weighted by Crippen LogP contribution is 2.36. The van der Waals surface area contributed by atoms with Gasteiger partial charge >= 0.3 is 6.18 Å². The van der Waals surface area contributed by atoms with E-state index in [1.54, 1.807) is 6.07 Å². The molecule has 1 nitrogen and oxygen atoms in total. The average molecular weight is 227 g/mol. The molecule has 4 heteroatoms. The van der Waals surface area contributed by atoms with Gasteiger partial charge in [-0.2, -0.15) is 13.2 Å². The topological polar surface area (TPSA) is 15.8 Å². The van der Waals surface area contributed by atoms with Crippen LogP contribution < -0.4 is 0 Å². The van der Waals surface area contributed by atoms with Gasteiger partial charge in [0.2, 0.25) is 0 Å². The van der Waals surface area contributed by atoms with Crippen LogP contribution in [0.4, 0.5) is 13.2 Å². The summed E-state index contributed by atoms with van der Waals surface area (Å²) < 4.78 is 38.1. The van der Waals surface area contributed by atoms with Gasteiger partial charge in [-0.1, -0.05) is 11.6 Å². The first-order valence-electron chi connectivity index (χ1n) is 4.97. The number of aryl methyl sites for hydroxylation is 3. The molecule has 2 rings (SSSR count). The van der Waals surface area contributed by atoms with Crippen LogP contribution in [0.3, 0.4) is 0 Å². The fourth-order valence-corrected chi connectivity index (χ4v) is 2.07. The van der Waals surface area contributed by atoms with Crippen molar-refractivity contribution in [3.8, 4) is 0 Å². The Kier molecular flexibility index (Phi) is 2.26. The first-order chi connectivity index (χ1) is 7.30. The van der Waals surface area contributed by atoms with Gasteiger partial charge in [0.15, 0.2) is 0 Å². The third kappa shape index (κ3) is 1.58. The number of hydrogen-bond donors (Lipinski definition) is 1. The van der Waals surface area contributed by atoms with Gasteiger partial charge in [-0.3, -0.25) is 0 Å². The van der Waals surface area contributed by atoms with Crippen molar-refractivity contribution >= 4 is 10.9 Å². The highest BCUT2D eigenvalue weighted by molar-refractivity contribution is 5.87. The van der Waals surface area contributed by atoms with Crippen molar-refractivity contribution in [3.05, 3.63) is 34.5 Å². The second-order valence-electron chi connectivity index (χ2n) is 4.13. The number of nitrogens with one attached hydrogen (secondary N) is 1. The zero-order valence-corrected chi connectivity index (χ0v) is 9.29. The number of H-pyrrole nitrogens is 1. The molecule has 0 unspecified atom stereocenters. The van der Waals surface area contributed by atoms with Crippen LogP contribution in [0.2, 0.25) is 0 Å². The molecule has 0 spiro atoms. The van der Waals surface area contributed by atoms with Crippen molar-refractivity contribution in [3.63, 3.8) is 0 Å². The molecule has 1 N–H and O–H groups in total. The van der Waals surface area contributed by atoms with E-state index in [9.17, 15) is 13.2 Å². The van der Waals surface area contributed by atoms with Crippen molar-refractivity contribution in [1.29, 1.82) is 0 Å². The maximum absolute atomic E-state index is 12.7. The van der Waals surface area contributed by atoms with Gasteiger partial charge in [0, 0.05) is 10.9 Å². The Morgan fingerprint density at radius 2 is 1.69 bits per heavy atom. The Balaban J connectivity index is 2.83. The molecule has 0 amide bonds. The van der Waals surface area contributed by atoms with Gasteiger partial charge in [0.25, 0.3) is 0 Å². The van der Waals surface area contributed by atoms with Crippen molar-refractivity contribution in [1.82, 2.24) is 4.98 Å². The van der Waals surface area contributed by atoms with Gasteiger partial charge in [0.1, 0.15) is 5.69 Å². The molecule has 16 heavy (non-hydrogen) atoms. The van der Waals surface area contributed by atoms with Gasteiger partial charge in [-0.15, -0.1) is 0 Å². The van der Waals surface area contributed by atoms with E-state index in [2.05, 4.69) is 4.98 Å². The van der Waals surface area contributed by atoms with Crippen molar-refractivity contribution < 1.29 is 13.2 Å². The molecule has 1 heterocycles. The first-order valence-corrected chi connectivity index (χ1v) is 4.97. The Bertz CT molecular complexity index is 549. The second kappa shape index (κ2) is 3.27. The van der Waals surface area contributed by atoms with E-state index >= 15 is 0 Å². The Hall–Kier alpha value is -1.45. The van der Waals surface area contributed by atoms with E-state index < -0.39 is 11.9 Å². The summed E-state index contributed by atoms with van der Waals surface area (Å²) in [6.45, 7) is 5.19. The van der Waals surface area contributed by atoms with Crippen LogP contribution in [0.1, 0.15) is 22.4 Å². The summed E-state index contributed by atoms with van der Waals surface area (Å²) in [4.78, 5) is 2.47. The molecule has 0 bridgehead atoms. The van der Waals surface area contributed by atoms with Crippen LogP contribution in [0.5, 0.6) is 0 Å². The lowest BCUT2D eigenvalue weighted by molar-refractivity contribution is -0.141. The summed E-state index contributed by atoms with van der Waals surface area (Å²) in [5.74, 6) is 0.